The Morgan fingerprint density at radius 2 is 2.31 bits per heavy atom. The van der Waals surface area contributed by atoms with Crippen LogP contribution in [0.5, 0.6) is 0 Å². The molecule has 1 aromatic heterocycles. The Kier molecular flexibility index (Phi) is 4.14. The van der Waals surface area contributed by atoms with E-state index < -0.39 is 5.97 Å². The highest BCUT2D eigenvalue weighted by molar-refractivity contribution is 5.92. The number of carboxylic acids is 1. The molecule has 0 bridgehead atoms. The fourth-order valence-electron chi connectivity index (χ4n) is 0.858. The van der Waals surface area contributed by atoms with Crippen molar-refractivity contribution in [1.82, 2.24) is 14.9 Å². The summed E-state index contributed by atoms with van der Waals surface area (Å²) in [5.74, 6) is -1.10. The van der Waals surface area contributed by atoms with Gasteiger partial charge in [0.1, 0.15) is 6.33 Å². The van der Waals surface area contributed by atoms with Crippen molar-refractivity contribution in [3.63, 3.8) is 0 Å². The van der Waals surface area contributed by atoms with Crippen molar-refractivity contribution in [1.29, 1.82) is 0 Å². The molecule has 0 atom stereocenters. The van der Waals surface area contributed by atoms with Gasteiger partial charge in [-0.1, -0.05) is 0 Å². The van der Waals surface area contributed by atoms with E-state index in [1.807, 2.05) is 0 Å². The highest BCUT2D eigenvalue weighted by atomic mass is 16.4. The number of hydrogen-bond donors (Lipinski definition) is 1. The van der Waals surface area contributed by atoms with Gasteiger partial charge in [0.15, 0.2) is 5.70 Å². The zero-order valence-electron chi connectivity index (χ0n) is 9.03. The highest BCUT2D eigenvalue weighted by Gasteiger charge is 2.05. The monoisotopic (exact) mass is 220 g/mol. The summed E-state index contributed by atoms with van der Waals surface area (Å²) in [5, 5.41) is 8.90. The number of aromatic nitrogens is 2. The molecular weight excluding hydrogens is 208 g/mol. The standard InChI is InChI=1S/C10H12N4O2/c1-14(2)7-13-9(10(15)16)5-8-3-4-11-6-12-8/h3-7H,1-2H3,(H,15,16)/b9-5-,13-7?. The molecule has 6 nitrogen and oxygen atoms in total. The number of rotatable bonds is 4. The third-order valence-corrected chi connectivity index (χ3v) is 1.54. The number of carbonyl (C=O) groups is 1. The summed E-state index contributed by atoms with van der Waals surface area (Å²) in [6.45, 7) is 0. The van der Waals surface area contributed by atoms with E-state index in [0.29, 0.717) is 5.69 Å². The minimum Gasteiger partial charge on any atom is -0.477 e. The van der Waals surface area contributed by atoms with Gasteiger partial charge >= 0.3 is 5.97 Å². The first-order valence-corrected chi connectivity index (χ1v) is 4.51. The van der Waals surface area contributed by atoms with Gasteiger partial charge in [0, 0.05) is 20.3 Å². The number of carboxylic acid groups (broad SMARTS) is 1. The predicted molar refractivity (Wildman–Crippen MR) is 59.8 cm³/mol. The molecule has 0 radical (unpaired) electrons. The van der Waals surface area contributed by atoms with E-state index in [1.165, 1.54) is 24.9 Å². The molecule has 0 spiro atoms. The van der Waals surface area contributed by atoms with Gasteiger partial charge in [0.2, 0.25) is 0 Å². The van der Waals surface area contributed by atoms with Crippen molar-refractivity contribution in [3.05, 3.63) is 30.0 Å². The highest BCUT2D eigenvalue weighted by Crippen LogP contribution is 2.04. The molecule has 0 amide bonds. The number of nitrogens with zero attached hydrogens (tertiary/aromatic N) is 4. The molecule has 0 aliphatic rings. The van der Waals surface area contributed by atoms with Crippen LogP contribution in [0.25, 0.3) is 6.08 Å². The van der Waals surface area contributed by atoms with Gasteiger partial charge in [0.05, 0.1) is 12.0 Å². The maximum atomic E-state index is 10.9. The van der Waals surface area contributed by atoms with E-state index in [0.717, 1.165) is 0 Å². The minimum absolute atomic E-state index is 0.0765. The van der Waals surface area contributed by atoms with Gasteiger partial charge in [-0.25, -0.2) is 19.8 Å². The van der Waals surface area contributed by atoms with Gasteiger partial charge in [-0.2, -0.15) is 0 Å². The van der Waals surface area contributed by atoms with E-state index in [2.05, 4.69) is 15.0 Å². The molecule has 0 saturated heterocycles. The normalized spacial score (nSPS) is 11.8. The Labute approximate surface area is 93.0 Å². The zero-order valence-corrected chi connectivity index (χ0v) is 9.03. The predicted octanol–water partition coefficient (Wildman–Crippen LogP) is 0.492. The van der Waals surface area contributed by atoms with Crippen LogP contribution in [0.2, 0.25) is 0 Å². The van der Waals surface area contributed by atoms with Crippen LogP contribution in [-0.4, -0.2) is 46.4 Å². The summed E-state index contributed by atoms with van der Waals surface area (Å²) in [4.78, 5) is 24.0. The average Bonchev–Trinajstić information content (AvgIpc) is 2.25. The van der Waals surface area contributed by atoms with Crippen molar-refractivity contribution in [3.8, 4) is 0 Å². The molecule has 0 aliphatic carbocycles. The summed E-state index contributed by atoms with van der Waals surface area (Å²) in [5.41, 5.74) is 0.427. The van der Waals surface area contributed by atoms with E-state index in [1.54, 1.807) is 25.1 Å². The Hall–Kier alpha value is -2.24. The lowest BCUT2D eigenvalue weighted by atomic mass is 10.3. The van der Waals surface area contributed by atoms with Gasteiger partial charge in [-0.3, -0.25) is 0 Å². The van der Waals surface area contributed by atoms with Crippen LogP contribution in [0.3, 0.4) is 0 Å². The fourth-order valence-corrected chi connectivity index (χ4v) is 0.858. The minimum atomic E-state index is -1.10. The lowest BCUT2D eigenvalue weighted by Gasteiger charge is -2.02. The maximum Gasteiger partial charge on any atom is 0.354 e. The smallest absolute Gasteiger partial charge is 0.354 e. The van der Waals surface area contributed by atoms with E-state index in [-0.39, 0.29) is 5.70 Å². The molecule has 0 saturated carbocycles. The molecule has 0 unspecified atom stereocenters. The lowest BCUT2D eigenvalue weighted by molar-refractivity contribution is -0.132. The van der Waals surface area contributed by atoms with Crippen LogP contribution in [0.4, 0.5) is 0 Å². The second-order valence-corrected chi connectivity index (χ2v) is 3.18. The Balaban J connectivity index is 2.95. The van der Waals surface area contributed by atoms with Crippen LogP contribution < -0.4 is 0 Å². The van der Waals surface area contributed by atoms with E-state index >= 15 is 0 Å². The van der Waals surface area contributed by atoms with E-state index in [4.69, 9.17) is 5.11 Å². The molecular formula is C10H12N4O2. The van der Waals surface area contributed by atoms with Crippen LogP contribution in [0.15, 0.2) is 29.3 Å². The molecule has 16 heavy (non-hydrogen) atoms. The molecule has 0 aromatic carbocycles. The summed E-state index contributed by atoms with van der Waals surface area (Å²) in [7, 11) is 3.52. The van der Waals surface area contributed by atoms with Crippen LogP contribution >= 0.6 is 0 Å². The van der Waals surface area contributed by atoms with Crippen LogP contribution in [-0.2, 0) is 4.79 Å². The third-order valence-electron chi connectivity index (χ3n) is 1.54. The maximum absolute atomic E-state index is 10.9. The molecule has 84 valence electrons. The van der Waals surface area contributed by atoms with Crippen molar-refractivity contribution >= 4 is 18.4 Å². The Bertz CT molecular complexity index is 412. The molecule has 1 heterocycles. The quantitative estimate of drug-likeness (QED) is 0.454. The number of hydrogen-bond acceptors (Lipinski definition) is 4. The van der Waals surface area contributed by atoms with Crippen molar-refractivity contribution in [2.75, 3.05) is 14.1 Å². The summed E-state index contributed by atoms with van der Waals surface area (Å²) < 4.78 is 0. The SMILES string of the molecule is CN(C)C=N/C(=C\c1ccncn1)C(=O)O. The largest absolute Gasteiger partial charge is 0.477 e. The van der Waals surface area contributed by atoms with Gasteiger partial charge in [0.25, 0.3) is 0 Å². The topological polar surface area (TPSA) is 78.7 Å². The first-order chi connectivity index (χ1) is 7.59. The Morgan fingerprint density at radius 3 is 2.81 bits per heavy atom. The first kappa shape index (κ1) is 11.8. The number of aliphatic carboxylic acids is 1. The summed E-state index contributed by atoms with van der Waals surface area (Å²) in [6.07, 6.45) is 5.68. The van der Waals surface area contributed by atoms with Gasteiger partial charge in [-0.05, 0) is 12.1 Å². The molecule has 6 heteroatoms. The molecule has 0 fully saturated rings. The van der Waals surface area contributed by atoms with E-state index in [9.17, 15) is 4.79 Å². The van der Waals surface area contributed by atoms with Crippen molar-refractivity contribution < 1.29 is 9.90 Å². The Morgan fingerprint density at radius 1 is 1.56 bits per heavy atom. The number of aliphatic imine (C=N–C) groups is 1. The first-order valence-electron chi connectivity index (χ1n) is 4.51. The van der Waals surface area contributed by atoms with Crippen molar-refractivity contribution in [2.24, 2.45) is 4.99 Å². The molecule has 0 aliphatic heterocycles. The van der Waals surface area contributed by atoms with Crippen molar-refractivity contribution in [2.45, 2.75) is 0 Å². The molecule has 1 rings (SSSR count). The third kappa shape index (κ3) is 3.87. The fraction of sp³-hybridized carbons (Fsp3) is 0.200. The summed E-state index contributed by atoms with van der Waals surface area (Å²) >= 11 is 0. The van der Waals surface area contributed by atoms with Gasteiger partial charge in [-0.15, -0.1) is 0 Å². The molecule has 1 N–H and O–H groups in total. The van der Waals surface area contributed by atoms with Crippen LogP contribution in [0.1, 0.15) is 5.69 Å². The second-order valence-electron chi connectivity index (χ2n) is 3.18. The van der Waals surface area contributed by atoms with Gasteiger partial charge < -0.3 is 10.0 Å². The average molecular weight is 220 g/mol. The molecule has 1 aromatic rings. The lowest BCUT2D eigenvalue weighted by Crippen LogP contribution is -2.09. The van der Waals surface area contributed by atoms with Crippen LogP contribution in [0, 0.1) is 0 Å². The second kappa shape index (κ2) is 5.59. The summed E-state index contributed by atoms with van der Waals surface area (Å²) in [6, 6.07) is 1.61. The zero-order chi connectivity index (χ0) is 12.0.